The van der Waals surface area contributed by atoms with Crippen LogP contribution in [0.15, 0.2) is 23.8 Å². The maximum Gasteiger partial charge on any atom is 0.306 e. The van der Waals surface area contributed by atoms with Crippen LogP contribution in [-0.4, -0.2) is 59.9 Å². The summed E-state index contributed by atoms with van der Waals surface area (Å²) in [6.45, 7) is 4.27. The van der Waals surface area contributed by atoms with Gasteiger partial charge < -0.3 is 25.1 Å². The number of carbonyl (C=O) groups excluding carboxylic acids is 3. The number of allylic oxidation sites excluding steroid dienone is 4. The lowest BCUT2D eigenvalue weighted by Gasteiger charge is -2.59. The van der Waals surface area contributed by atoms with Crippen molar-refractivity contribution in [1.29, 1.82) is 0 Å². The van der Waals surface area contributed by atoms with Crippen molar-refractivity contribution in [3.8, 4) is 0 Å². The van der Waals surface area contributed by atoms with Crippen molar-refractivity contribution in [1.82, 2.24) is 0 Å². The van der Waals surface area contributed by atoms with Crippen molar-refractivity contribution in [3.63, 3.8) is 0 Å². The molecule has 8 heteroatoms. The number of carbonyl (C=O) groups is 3. The van der Waals surface area contributed by atoms with Crippen LogP contribution in [0, 0.1) is 34.5 Å². The molecule has 0 bridgehead atoms. The van der Waals surface area contributed by atoms with Gasteiger partial charge in [-0.05, 0) is 75.5 Å². The van der Waals surface area contributed by atoms with Gasteiger partial charge in [0.05, 0.1) is 12.2 Å². The molecule has 8 nitrogen and oxygen atoms in total. The number of rotatable bonds is 7. The van der Waals surface area contributed by atoms with Gasteiger partial charge in [-0.1, -0.05) is 44.8 Å². The molecule has 1 aliphatic heterocycles. The molecule has 4 saturated carbocycles. The van der Waals surface area contributed by atoms with Gasteiger partial charge in [-0.25, -0.2) is 0 Å². The first-order chi connectivity index (χ1) is 19.1. The van der Waals surface area contributed by atoms with E-state index in [0.717, 1.165) is 44.1 Å². The Labute approximate surface area is 237 Å². The fraction of sp³-hybridized carbons (Fsp3) is 0.781. The van der Waals surface area contributed by atoms with E-state index in [9.17, 15) is 19.5 Å². The molecule has 1 heterocycles. The highest BCUT2D eigenvalue weighted by molar-refractivity contribution is 6.01. The highest BCUT2D eigenvalue weighted by Gasteiger charge is 2.76. The van der Waals surface area contributed by atoms with Crippen molar-refractivity contribution < 1.29 is 33.7 Å². The number of hydrogen-bond donors (Lipinski definition) is 2. The van der Waals surface area contributed by atoms with E-state index in [-0.39, 0.29) is 48.3 Å². The molecule has 6 rings (SSSR count). The molecule has 0 aromatic heterocycles. The van der Waals surface area contributed by atoms with E-state index in [1.165, 1.54) is 6.42 Å². The summed E-state index contributed by atoms with van der Waals surface area (Å²) in [6.07, 6.45) is 12.7. The van der Waals surface area contributed by atoms with Gasteiger partial charge in [0.2, 0.25) is 5.78 Å². The van der Waals surface area contributed by atoms with E-state index in [1.807, 2.05) is 6.08 Å². The lowest BCUT2D eigenvalue weighted by atomic mass is 9.46. The second-order valence-electron chi connectivity index (χ2n) is 13.7. The summed E-state index contributed by atoms with van der Waals surface area (Å²) in [5.74, 6) is -0.238. The molecule has 0 aromatic rings. The quantitative estimate of drug-likeness (QED) is 0.455. The molecule has 3 N–H and O–H groups in total. The standard InChI is InChI=1S/C32H45NO7/c1-30-13-12-21(34)15-20(30)10-11-22-23-16-26-32(31(23,2)17-24(35)28(22)30,25(36)18-38-27(37)9-6-14-33)40-29(39-26)19-7-4-3-5-8-19/h12-13,15,19,22-24,26,28-29,35H,3-11,14,16-18,33H2,1-2H3/t22-,23-,24-,26+,28+,29+,30-,31-,32+/m0/s1. The van der Waals surface area contributed by atoms with Gasteiger partial charge >= 0.3 is 5.97 Å². The Morgan fingerprint density at radius 1 is 1.18 bits per heavy atom. The van der Waals surface area contributed by atoms with Crippen LogP contribution in [0.3, 0.4) is 0 Å². The normalized spacial score (nSPS) is 44.3. The summed E-state index contributed by atoms with van der Waals surface area (Å²) in [7, 11) is 0. The van der Waals surface area contributed by atoms with Crippen LogP contribution in [0.4, 0.5) is 0 Å². The third-order valence-electron chi connectivity index (χ3n) is 11.7. The number of esters is 1. The van der Waals surface area contributed by atoms with Crippen LogP contribution < -0.4 is 5.73 Å². The minimum Gasteiger partial charge on any atom is -0.458 e. The minimum absolute atomic E-state index is 0.0116. The monoisotopic (exact) mass is 555 g/mol. The Kier molecular flexibility index (Phi) is 7.38. The van der Waals surface area contributed by atoms with Gasteiger partial charge in [0.25, 0.3) is 0 Å². The number of ketones is 2. The van der Waals surface area contributed by atoms with E-state index in [0.29, 0.717) is 25.8 Å². The molecule has 220 valence electrons. The minimum atomic E-state index is -1.27. The highest BCUT2D eigenvalue weighted by atomic mass is 16.7. The SMILES string of the molecule is C[C@]12C=CC(=O)C=C1CC[C@@H]1[C@@H]2[C@@H](O)C[C@@]2(C)[C@H]1C[C@H]1O[C@@H](C3CCCCC3)O[C@]12C(=O)COC(=O)CCCN. The predicted octanol–water partition coefficient (Wildman–Crippen LogP) is 3.79. The molecule has 5 aliphatic carbocycles. The van der Waals surface area contributed by atoms with Crippen molar-refractivity contribution in [2.75, 3.05) is 13.2 Å². The van der Waals surface area contributed by atoms with E-state index in [1.54, 1.807) is 12.2 Å². The van der Waals surface area contributed by atoms with Gasteiger partial charge in [-0.15, -0.1) is 0 Å². The van der Waals surface area contributed by atoms with Crippen molar-refractivity contribution >= 4 is 17.5 Å². The zero-order valence-corrected chi connectivity index (χ0v) is 23.9. The third-order valence-corrected chi connectivity index (χ3v) is 11.7. The van der Waals surface area contributed by atoms with Gasteiger partial charge in [0.15, 0.2) is 24.3 Å². The number of hydrogen-bond acceptors (Lipinski definition) is 8. The molecule has 9 atom stereocenters. The smallest absolute Gasteiger partial charge is 0.306 e. The predicted molar refractivity (Wildman–Crippen MR) is 147 cm³/mol. The number of nitrogens with two attached hydrogens (primary N) is 1. The summed E-state index contributed by atoms with van der Waals surface area (Å²) in [5.41, 5.74) is 4.31. The van der Waals surface area contributed by atoms with E-state index in [2.05, 4.69) is 13.8 Å². The summed E-state index contributed by atoms with van der Waals surface area (Å²) in [6, 6.07) is 0. The summed E-state index contributed by atoms with van der Waals surface area (Å²) in [4.78, 5) is 38.8. The number of Topliss-reactive ketones (excluding diaryl/α,β-unsaturated/α-hetero) is 1. The molecule has 0 radical (unpaired) electrons. The van der Waals surface area contributed by atoms with Crippen LogP contribution in [-0.2, 0) is 28.6 Å². The number of ether oxygens (including phenoxy) is 3. The topological polar surface area (TPSA) is 125 Å². The summed E-state index contributed by atoms with van der Waals surface area (Å²) >= 11 is 0. The third kappa shape index (κ3) is 4.19. The lowest BCUT2D eigenvalue weighted by Crippen LogP contribution is -2.63. The molecule has 0 aromatic carbocycles. The Balaban J connectivity index is 1.32. The van der Waals surface area contributed by atoms with E-state index < -0.39 is 40.9 Å². The molecular weight excluding hydrogens is 510 g/mol. The Morgan fingerprint density at radius 3 is 2.70 bits per heavy atom. The maximum absolute atomic E-state index is 14.3. The largest absolute Gasteiger partial charge is 0.458 e. The second-order valence-corrected chi connectivity index (χ2v) is 13.7. The van der Waals surface area contributed by atoms with Crippen LogP contribution in [0.2, 0.25) is 0 Å². The fourth-order valence-electron chi connectivity index (χ4n) is 9.78. The fourth-order valence-corrected chi connectivity index (χ4v) is 9.78. The molecule has 40 heavy (non-hydrogen) atoms. The average molecular weight is 556 g/mol. The highest BCUT2D eigenvalue weighted by Crippen LogP contribution is 2.70. The van der Waals surface area contributed by atoms with Gasteiger partial charge in [-0.3, -0.25) is 14.4 Å². The lowest BCUT2D eigenvalue weighted by molar-refractivity contribution is -0.210. The van der Waals surface area contributed by atoms with Crippen LogP contribution >= 0.6 is 0 Å². The van der Waals surface area contributed by atoms with Crippen LogP contribution in [0.25, 0.3) is 0 Å². The van der Waals surface area contributed by atoms with Gasteiger partial charge in [0.1, 0.15) is 0 Å². The number of aliphatic hydroxyl groups is 1. The first-order valence-electron chi connectivity index (χ1n) is 15.5. The molecular formula is C32H45NO7. The van der Waals surface area contributed by atoms with E-state index >= 15 is 0 Å². The zero-order chi connectivity index (χ0) is 28.3. The first-order valence-corrected chi connectivity index (χ1v) is 15.5. The van der Waals surface area contributed by atoms with Crippen LogP contribution in [0.5, 0.6) is 0 Å². The number of fused-ring (bicyclic) bond motifs is 7. The summed E-state index contributed by atoms with van der Waals surface area (Å²) in [5, 5.41) is 11.9. The zero-order valence-electron chi connectivity index (χ0n) is 23.9. The van der Waals surface area contributed by atoms with Gasteiger partial charge in [0, 0.05) is 29.1 Å². The average Bonchev–Trinajstić information content (AvgIpc) is 3.44. The Hall–Kier alpha value is -1.87. The molecule has 1 saturated heterocycles. The first kappa shape index (κ1) is 28.3. The number of aliphatic hydroxyl groups excluding tert-OH is 1. The maximum atomic E-state index is 14.3. The second kappa shape index (κ2) is 10.4. The van der Waals surface area contributed by atoms with E-state index in [4.69, 9.17) is 19.9 Å². The molecule has 0 spiro atoms. The van der Waals surface area contributed by atoms with Crippen molar-refractivity contribution in [2.45, 2.75) is 109 Å². The summed E-state index contributed by atoms with van der Waals surface area (Å²) < 4.78 is 19.0. The van der Waals surface area contributed by atoms with Gasteiger partial charge in [-0.2, -0.15) is 0 Å². The van der Waals surface area contributed by atoms with Crippen molar-refractivity contribution in [2.24, 2.45) is 40.2 Å². The van der Waals surface area contributed by atoms with Crippen molar-refractivity contribution in [3.05, 3.63) is 23.8 Å². The molecule has 5 fully saturated rings. The van der Waals surface area contributed by atoms with Crippen LogP contribution in [0.1, 0.15) is 84.5 Å². The molecule has 0 unspecified atom stereocenters. The Bertz CT molecular complexity index is 1110. The molecule has 6 aliphatic rings. The Morgan fingerprint density at radius 2 is 1.95 bits per heavy atom. The molecule has 0 amide bonds.